The quantitative estimate of drug-likeness (QED) is 0.314. The Morgan fingerprint density at radius 1 is 1.23 bits per heavy atom. The van der Waals surface area contributed by atoms with Crippen molar-refractivity contribution in [3.8, 4) is 0 Å². The van der Waals surface area contributed by atoms with Crippen molar-refractivity contribution in [3.05, 3.63) is 12.2 Å². The zero-order valence-electron chi connectivity index (χ0n) is 21.8. The van der Waals surface area contributed by atoms with E-state index in [4.69, 9.17) is 14.2 Å². The molecule has 7 heteroatoms. The third kappa shape index (κ3) is 4.93. The highest BCUT2D eigenvalue weighted by atomic mass is 16.6. The predicted molar refractivity (Wildman–Crippen MR) is 130 cm³/mol. The minimum Gasteiger partial charge on any atom is -0.458 e. The molecule has 0 aromatic heterocycles. The van der Waals surface area contributed by atoms with Gasteiger partial charge in [-0.25, -0.2) is 0 Å². The Labute approximate surface area is 209 Å². The molecule has 4 rings (SSSR count). The zero-order chi connectivity index (χ0) is 25.5. The van der Waals surface area contributed by atoms with Crippen molar-refractivity contribution >= 4 is 11.9 Å². The van der Waals surface area contributed by atoms with Crippen LogP contribution in [0.2, 0.25) is 0 Å². The number of unbranched alkanes of at least 4 members (excludes halogenated alkanes) is 4. The molecule has 0 aromatic carbocycles. The number of ether oxygens (including phenoxy) is 3. The maximum Gasteiger partial charge on any atom is 0.309 e. The van der Waals surface area contributed by atoms with Gasteiger partial charge in [0.05, 0.1) is 23.7 Å². The predicted octanol–water partition coefficient (Wildman–Crippen LogP) is 4.08. The molecule has 35 heavy (non-hydrogen) atoms. The van der Waals surface area contributed by atoms with Gasteiger partial charge in [-0.1, -0.05) is 46.1 Å². The third-order valence-corrected chi connectivity index (χ3v) is 9.35. The highest BCUT2D eigenvalue weighted by Gasteiger charge is 2.67. The summed E-state index contributed by atoms with van der Waals surface area (Å²) in [5, 5.41) is 22.4. The van der Waals surface area contributed by atoms with Gasteiger partial charge in [-0.15, -0.1) is 0 Å². The highest BCUT2D eigenvalue weighted by molar-refractivity contribution is 5.74. The Morgan fingerprint density at radius 2 is 1.94 bits per heavy atom. The zero-order valence-corrected chi connectivity index (χ0v) is 21.8. The smallest absolute Gasteiger partial charge is 0.309 e. The summed E-state index contributed by atoms with van der Waals surface area (Å²) in [5.74, 6) is -1.36. The molecular formula is C28H44O7. The van der Waals surface area contributed by atoms with Crippen LogP contribution in [-0.2, 0) is 23.8 Å². The molecule has 2 N–H and O–H groups in total. The van der Waals surface area contributed by atoms with Crippen LogP contribution < -0.4 is 0 Å². The molecule has 4 aliphatic rings. The molecule has 2 bridgehead atoms. The number of carbonyl (C=O) groups excluding carboxylic acids is 2. The molecule has 4 unspecified atom stereocenters. The van der Waals surface area contributed by atoms with Gasteiger partial charge in [0, 0.05) is 24.7 Å². The van der Waals surface area contributed by atoms with Crippen LogP contribution in [-0.4, -0.2) is 57.8 Å². The Bertz CT molecular complexity index is 822. The lowest BCUT2D eigenvalue weighted by Gasteiger charge is -2.47. The number of hydrogen-bond acceptors (Lipinski definition) is 7. The van der Waals surface area contributed by atoms with E-state index in [9.17, 15) is 19.8 Å². The van der Waals surface area contributed by atoms with Crippen LogP contribution in [0.1, 0.15) is 91.9 Å². The van der Waals surface area contributed by atoms with Crippen molar-refractivity contribution < 1.29 is 34.0 Å². The van der Waals surface area contributed by atoms with Gasteiger partial charge in [-0.2, -0.15) is 0 Å². The van der Waals surface area contributed by atoms with Gasteiger partial charge < -0.3 is 24.4 Å². The van der Waals surface area contributed by atoms with E-state index in [1.807, 2.05) is 13.8 Å². The summed E-state index contributed by atoms with van der Waals surface area (Å²) in [6.45, 7) is 11.8. The van der Waals surface area contributed by atoms with Gasteiger partial charge in [-0.05, 0) is 51.0 Å². The van der Waals surface area contributed by atoms with E-state index in [1.165, 1.54) is 0 Å². The molecule has 7 nitrogen and oxygen atoms in total. The standard InChI is InChI=1S/C28H44O7/c1-6-7-8-9-10-11-22(30)34-21-15-19(29)16(2)14-20-24-23-18(12-13-27(24,4)32)17(3)26(31)35-28(21,5)25(23)33-20/h17-21,23-25,29,32H,2,6-15H2,1,3-5H3/t17-,18?,19?,20?,21-,23+,24+,25?,27-,28+/m1/s1. The number of aliphatic hydroxyl groups excluding tert-OH is 1. The van der Waals surface area contributed by atoms with Gasteiger partial charge in [-0.3, -0.25) is 9.59 Å². The van der Waals surface area contributed by atoms with Gasteiger partial charge in [0.25, 0.3) is 0 Å². The van der Waals surface area contributed by atoms with Crippen molar-refractivity contribution in [2.45, 2.75) is 128 Å². The molecule has 4 fully saturated rings. The molecular weight excluding hydrogens is 448 g/mol. The van der Waals surface area contributed by atoms with E-state index in [1.54, 1.807) is 6.92 Å². The first kappa shape index (κ1) is 26.6. The maximum absolute atomic E-state index is 13.3. The summed E-state index contributed by atoms with van der Waals surface area (Å²) in [6.07, 6.45) is 4.46. The van der Waals surface area contributed by atoms with Crippen molar-refractivity contribution in [2.75, 3.05) is 0 Å². The second kappa shape index (κ2) is 10.1. The maximum atomic E-state index is 13.3. The van der Waals surface area contributed by atoms with Crippen molar-refractivity contribution in [3.63, 3.8) is 0 Å². The molecule has 0 amide bonds. The number of hydrogen-bond donors (Lipinski definition) is 2. The first-order chi connectivity index (χ1) is 16.5. The minimum atomic E-state index is -1.27. The van der Waals surface area contributed by atoms with Gasteiger partial charge in [0.1, 0.15) is 12.2 Å². The number of rotatable bonds is 7. The fraction of sp³-hybridized carbons (Fsp3) is 0.857. The van der Waals surface area contributed by atoms with E-state index >= 15 is 0 Å². The Kier molecular flexibility index (Phi) is 7.71. The van der Waals surface area contributed by atoms with Crippen LogP contribution in [0.25, 0.3) is 0 Å². The highest BCUT2D eigenvalue weighted by Crippen LogP contribution is 2.59. The molecule has 0 spiro atoms. The van der Waals surface area contributed by atoms with Crippen molar-refractivity contribution in [1.29, 1.82) is 0 Å². The molecule has 1 aliphatic carbocycles. The van der Waals surface area contributed by atoms with Crippen LogP contribution in [0, 0.1) is 23.7 Å². The summed E-state index contributed by atoms with van der Waals surface area (Å²) < 4.78 is 18.8. The summed E-state index contributed by atoms with van der Waals surface area (Å²) >= 11 is 0. The largest absolute Gasteiger partial charge is 0.458 e. The number of fused-ring (bicyclic) bond motifs is 2. The first-order valence-corrected chi connectivity index (χ1v) is 13.7. The van der Waals surface area contributed by atoms with Gasteiger partial charge >= 0.3 is 11.9 Å². The van der Waals surface area contributed by atoms with Crippen LogP contribution in [0.5, 0.6) is 0 Å². The minimum absolute atomic E-state index is 0.0112. The fourth-order valence-electron chi connectivity index (χ4n) is 7.24. The fourth-order valence-corrected chi connectivity index (χ4v) is 7.24. The Hall–Kier alpha value is -1.44. The van der Waals surface area contributed by atoms with E-state index in [2.05, 4.69) is 13.5 Å². The first-order valence-electron chi connectivity index (χ1n) is 13.7. The number of aliphatic hydroxyl groups is 2. The van der Waals surface area contributed by atoms with Gasteiger partial charge in [0.2, 0.25) is 0 Å². The lowest BCUT2D eigenvalue weighted by Crippen LogP contribution is -2.58. The van der Waals surface area contributed by atoms with E-state index < -0.39 is 29.5 Å². The summed E-state index contributed by atoms with van der Waals surface area (Å²) in [7, 11) is 0. The lowest BCUT2D eigenvalue weighted by atomic mass is 9.58. The van der Waals surface area contributed by atoms with Crippen LogP contribution in [0.4, 0.5) is 0 Å². The molecule has 3 heterocycles. The Balaban J connectivity index is 1.67. The van der Waals surface area contributed by atoms with E-state index in [0.29, 0.717) is 24.8 Å². The number of carbonyl (C=O) groups is 2. The van der Waals surface area contributed by atoms with E-state index in [-0.39, 0.29) is 54.6 Å². The van der Waals surface area contributed by atoms with E-state index in [0.717, 1.165) is 32.1 Å². The molecule has 10 atom stereocenters. The Morgan fingerprint density at radius 3 is 2.66 bits per heavy atom. The molecule has 0 radical (unpaired) electrons. The summed E-state index contributed by atoms with van der Waals surface area (Å²) in [4.78, 5) is 26.2. The molecule has 1 saturated carbocycles. The average Bonchev–Trinajstić information content (AvgIpc) is 3.16. The third-order valence-electron chi connectivity index (χ3n) is 9.35. The average molecular weight is 493 g/mol. The SMILES string of the molecule is C=C1CC2OC3[C@H]4C(CC[C@@](C)(O)[C@@H]24)[C@@H](C)C(=O)O[C@@]3(C)[C@H](OC(=O)CCCCCCC)CC1O. The molecule has 198 valence electrons. The molecule has 3 aliphatic heterocycles. The topological polar surface area (TPSA) is 102 Å². The second-order valence-electron chi connectivity index (χ2n) is 11.9. The summed E-state index contributed by atoms with van der Waals surface area (Å²) in [5.41, 5.74) is -1.64. The molecule has 0 aromatic rings. The number of esters is 2. The van der Waals surface area contributed by atoms with Crippen LogP contribution in [0.15, 0.2) is 12.2 Å². The van der Waals surface area contributed by atoms with Crippen molar-refractivity contribution in [1.82, 2.24) is 0 Å². The van der Waals surface area contributed by atoms with Crippen LogP contribution in [0.3, 0.4) is 0 Å². The van der Waals surface area contributed by atoms with Crippen LogP contribution >= 0.6 is 0 Å². The van der Waals surface area contributed by atoms with Crippen molar-refractivity contribution in [2.24, 2.45) is 23.7 Å². The monoisotopic (exact) mass is 492 g/mol. The lowest BCUT2D eigenvalue weighted by molar-refractivity contribution is -0.209. The normalized spacial score (nSPS) is 45.1. The summed E-state index contributed by atoms with van der Waals surface area (Å²) in [6, 6.07) is 0. The molecule has 3 saturated heterocycles. The second-order valence-corrected chi connectivity index (χ2v) is 11.9. The van der Waals surface area contributed by atoms with Gasteiger partial charge in [0.15, 0.2) is 5.60 Å².